The van der Waals surface area contributed by atoms with Crippen molar-refractivity contribution in [2.45, 2.75) is 6.42 Å². The molecule has 0 unspecified atom stereocenters. The number of ether oxygens (including phenoxy) is 1. The summed E-state index contributed by atoms with van der Waals surface area (Å²) in [7, 11) is 0. The highest BCUT2D eigenvalue weighted by atomic mass is 79.9. The van der Waals surface area contributed by atoms with Gasteiger partial charge in [-0.1, -0.05) is 15.9 Å². The monoisotopic (exact) mass is 272 g/mol. The van der Waals surface area contributed by atoms with E-state index >= 15 is 0 Å². The van der Waals surface area contributed by atoms with Crippen molar-refractivity contribution in [1.29, 1.82) is 0 Å². The molecule has 0 radical (unpaired) electrons. The highest BCUT2D eigenvalue weighted by Crippen LogP contribution is 2.23. The van der Waals surface area contributed by atoms with Gasteiger partial charge in [0.05, 0.1) is 17.5 Å². The molecule has 0 saturated heterocycles. The van der Waals surface area contributed by atoms with E-state index in [0.29, 0.717) is 17.9 Å². The Bertz CT molecular complexity index is 458. The quantitative estimate of drug-likeness (QED) is 0.687. The van der Waals surface area contributed by atoms with Crippen LogP contribution in [-0.2, 0) is 0 Å². The smallest absolute Gasteiger partial charge is 0.240 e. The zero-order chi connectivity index (χ0) is 10.7. The van der Waals surface area contributed by atoms with Crippen LogP contribution in [0.5, 0.6) is 5.88 Å². The van der Waals surface area contributed by atoms with Crippen LogP contribution in [0.1, 0.15) is 6.42 Å². The first kappa shape index (κ1) is 10.4. The van der Waals surface area contributed by atoms with Crippen LogP contribution in [0.3, 0.4) is 0 Å². The molecule has 0 fully saturated rings. The molecule has 15 heavy (non-hydrogen) atoms. The van der Waals surface area contributed by atoms with Crippen molar-refractivity contribution in [3.05, 3.63) is 24.0 Å². The fourth-order valence-electron chi connectivity index (χ4n) is 1.30. The lowest BCUT2D eigenvalue weighted by molar-refractivity contribution is 0.309. The molecule has 0 spiro atoms. The molecule has 3 nitrogen and oxygen atoms in total. The minimum Gasteiger partial charge on any atom is -0.476 e. The molecule has 0 aliphatic rings. The molecule has 0 aliphatic heterocycles. The normalized spacial score (nSPS) is 10.8. The fraction of sp³-hybridized carbons (Fsp3) is 0.300. The molecular weight excluding hydrogens is 263 g/mol. The number of fused-ring (bicyclic) bond motifs is 1. The van der Waals surface area contributed by atoms with Gasteiger partial charge in [-0.3, -0.25) is 5.10 Å². The van der Waals surface area contributed by atoms with E-state index < -0.39 is 0 Å². The lowest BCUT2D eigenvalue weighted by Gasteiger charge is -2.00. The number of nitrogens with zero attached hydrogens (tertiary/aromatic N) is 1. The Morgan fingerprint density at radius 1 is 1.47 bits per heavy atom. The number of rotatable bonds is 4. The Labute approximate surface area is 94.8 Å². The molecule has 1 heterocycles. The minimum atomic E-state index is -0.283. The third-order valence-electron chi connectivity index (χ3n) is 2.01. The fourth-order valence-corrected chi connectivity index (χ4v) is 1.52. The Balaban J connectivity index is 2.23. The predicted molar refractivity (Wildman–Crippen MR) is 60.0 cm³/mol. The molecule has 5 heteroatoms. The van der Waals surface area contributed by atoms with Crippen molar-refractivity contribution in [2.75, 3.05) is 11.9 Å². The summed E-state index contributed by atoms with van der Waals surface area (Å²) in [6.07, 6.45) is 0.893. The molecule has 1 N–H and O–H groups in total. The number of hydrogen-bond donors (Lipinski definition) is 1. The van der Waals surface area contributed by atoms with Crippen LogP contribution in [0.15, 0.2) is 18.2 Å². The zero-order valence-electron chi connectivity index (χ0n) is 7.96. The Morgan fingerprint density at radius 3 is 3.13 bits per heavy atom. The van der Waals surface area contributed by atoms with Crippen molar-refractivity contribution >= 4 is 26.8 Å². The van der Waals surface area contributed by atoms with E-state index in [1.54, 1.807) is 6.07 Å². The molecule has 0 aliphatic carbocycles. The van der Waals surface area contributed by atoms with E-state index in [2.05, 4.69) is 26.1 Å². The molecule has 80 valence electrons. The summed E-state index contributed by atoms with van der Waals surface area (Å²) in [5, 5.41) is 8.33. The van der Waals surface area contributed by atoms with Crippen LogP contribution < -0.4 is 4.74 Å². The van der Waals surface area contributed by atoms with Crippen LogP contribution in [0.4, 0.5) is 4.39 Å². The number of aromatic amines is 1. The lowest BCUT2D eigenvalue weighted by Crippen LogP contribution is -1.98. The molecule has 1 aromatic carbocycles. The van der Waals surface area contributed by atoms with Gasteiger partial charge >= 0.3 is 0 Å². The van der Waals surface area contributed by atoms with E-state index in [0.717, 1.165) is 17.3 Å². The lowest BCUT2D eigenvalue weighted by atomic mass is 10.2. The first-order valence-electron chi connectivity index (χ1n) is 4.63. The van der Waals surface area contributed by atoms with Crippen molar-refractivity contribution in [3.8, 4) is 5.88 Å². The Morgan fingerprint density at radius 2 is 2.33 bits per heavy atom. The first-order valence-corrected chi connectivity index (χ1v) is 5.76. The number of nitrogens with one attached hydrogen (secondary N) is 1. The second-order valence-electron chi connectivity index (χ2n) is 3.11. The van der Waals surface area contributed by atoms with Crippen LogP contribution in [0, 0.1) is 5.82 Å². The molecule has 1 aromatic heterocycles. The van der Waals surface area contributed by atoms with Gasteiger partial charge in [-0.05, 0) is 24.6 Å². The van der Waals surface area contributed by atoms with Crippen LogP contribution in [0.25, 0.3) is 10.9 Å². The maximum absolute atomic E-state index is 13.0. The van der Waals surface area contributed by atoms with E-state index in [1.165, 1.54) is 12.1 Å². The van der Waals surface area contributed by atoms with Crippen LogP contribution in [0.2, 0.25) is 0 Å². The Kier molecular flexibility index (Phi) is 3.20. The SMILES string of the molecule is Fc1ccc2[nH]nc(OCCCBr)c2c1. The van der Waals surface area contributed by atoms with Gasteiger partial charge in [0.25, 0.3) is 0 Å². The van der Waals surface area contributed by atoms with Gasteiger partial charge in [0.1, 0.15) is 5.82 Å². The molecule has 0 atom stereocenters. The zero-order valence-corrected chi connectivity index (χ0v) is 9.55. The number of benzene rings is 1. The van der Waals surface area contributed by atoms with Crippen molar-refractivity contribution < 1.29 is 9.13 Å². The Hall–Kier alpha value is -1.10. The molecule has 0 bridgehead atoms. The number of aromatic nitrogens is 2. The predicted octanol–water partition coefficient (Wildman–Crippen LogP) is 2.87. The summed E-state index contributed by atoms with van der Waals surface area (Å²) in [5.41, 5.74) is 0.783. The van der Waals surface area contributed by atoms with Gasteiger partial charge < -0.3 is 4.74 Å². The van der Waals surface area contributed by atoms with E-state index in [9.17, 15) is 4.39 Å². The van der Waals surface area contributed by atoms with E-state index in [4.69, 9.17) is 4.74 Å². The van der Waals surface area contributed by atoms with Crippen LogP contribution >= 0.6 is 15.9 Å². The van der Waals surface area contributed by atoms with Crippen LogP contribution in [-0.4, -0.2) is 22.1 Å². The van der Waals surface area contributed by atoms with Crippen molar-refractivity contribution in [3.63, 3.8) is 0 Å². The maximum atomic E-state index is 13.0. The van der Waals surface area contributed by atoms with E-state index in [1.807, 2.05) is 0 Å². The van der Waals surface area contributed by atoms with Gasteiger partial charge in [-0.25, -0.2) is 4.39 Å². The number of alkyl halides is 1. The topological polar surface area (TPSA) is 37.9 Å². The minimum absolute atomic E-state index is 0.283. The first-order chi connectivity index (χ1) is 7.31. The second kappa shape index (κ2) is 4.61. The molecular formula is C10H10BrFN2O. The number of H-pyrrole nitrogens is 1. The maximum Gasteiger partial charge on any atom is 0.240 e. The number of hydrogen-bond acceptors (Lipinski definition) is 2. The number of halogens is 2. The van der Waals surface area contributed by atoms with E-state index in [-0.39, 0.29) is 5.82 Å². The molecule has 2 aromatic rings. The largest absolute Gasteiger partial charge is 0.476 e. The summed E-state index contributed by atoms with van der Waals surface area (Å²) in [5.74, 6) is 0.180. The average Bonchev–Trinajstić information content (AvgIpc) is 2.62. The van der Waals surface area contributed by atoms with Gasteiger partial charge in [0, 0.05) is 5.33 Å². The van der Waals surface area contributed by atoms with Gasteiger partial charge in [-0.2, -0.15) is 0 Å². The summed E-state index contributed by atoms with van der Waals surface area (Å²) in [6, 6.07) is 4.46. The van der Waals surface area contributed by atoms with Crippen molar-refractivity contribution in [2.24, 2.45) is 0 Å². The second-order valence-corrected chi connectivity index (χ2v) is 3.90. The third kappa shape index (κ3) is 2.28. The summed E-state index contributed by atoms with van der Waals surface area (Å²) in [6.45, 7) is 0.571. The summed E-state index contributed by atoms with van der Waals surface area (Å²) in [4.78, 5) is 0. The molecule has 2 rings (SSSR count). The summed E-state index contributed by atoms with van der Waals surface area (Å²) < 4.78 is 18.4. The molecule has 0 amide bonds. The van der Waals surface area contributed by atoms with Gasteiger partial charge in [0.2, 0.25) is 5.88 Å². The van der Waals surface area contributed by atoms with Gasteiger partial charge in [-0.15, -0.1) is 5.10 Å². The van der Waals surface area contributed by atoms with Crippen molar-refractivity contribution in [1.82, 2.24) is 10.2 Å². The standard InChI is InChI=1S/C10H10BrFN2O/c11-4-1-5-15-10-8-6-7(12)2-3-9(8)13-14-10/h2-3,6H,1,4-5H2,(H,13,14). The highest BCUT2D eigenvalue weighted by molar-refractivity contribution is 9.09. The highest BCUT2D eigenvalue weighted by Gasteiger charge is 2.07. The summed E-state index contributed by atoms with van der Waals surface area (Å²) >= 11 is 3.31. The average molecular weight is 273 g/mol. The third-order valence-corrected chi connectivity index (χ3v) is 2.57. The molecule has 0 saturated carbocycles. The van der Waals surface area contributed by atoms with Gasteiger partial charge in [0.15, 0.2) is 0 Å².